The van der Waals surface area contributed by atoms with E-state index in [9.17, 15) is 4.79 Å². The maximum Gasteiger partial charge on any atom is 0.225 e. The Labute approximate surface area is 104 Å². The van der Waals surface area contributed by atoms with Gasteiger partial charge in [-0.3, -0.25) is 4.79 Å². The van der Waals surface area contributed by atoms with Gasteiger partial charge in [-0.2, -0.15) is 0 Å². The average molecular weight is 239 g/mol. The molecule has 0 aromatic carbocycles. The van der Waals surface area contributed by atoms with E-state index < -0.39 is 0 Å². The van der Waals surface area contributed by atoms with Crippen molar-refractivity contribution >= 4 is 5.91 Å². The third-order valence-electron chi connectivity index (χ3n) is 4.27. The van der Waals surface area contributed by atoms with Gasteiger partial charge in [-0.05, 0) is 58.9 Å². The topological polar surface area (TPSA) is 35.6 Å². The lowest BCUT2D eigenvalue weighted by Crippen LogP contribution is -2.47. The van der Waals surface area contributed by atoms with Crippen LogP contribution in [-0.4, -0.2) is 62.0 Å². The molecule has 1 amide bonds. The molecule has 0 atom stereocenters. The van der Waals surface area contributed by atoms with Gasteiger partial charge in [0.1, 0.15) is 0 Å². The van der Waals surface area contributed by atoms with E-state index in [4.69, 9.17) is 0 Å². The van der Waals surface area contributed by atoms with Crippen molar-refractivity contribution in [3.8, 4) is 0 Å². The second kappa shape index (κ2) is 5.83. The zero-order chi connectivity index (χ0) is 12.3. The summed E-state index contributed by atoms with van der Waals surface area (Å²) in [6.45, 7) is 4.23. The minimum atomic E-state index is 0.265. The second-order valence-electron chi connectivity index (χ2n) is 5.51. The van der Waals surface area contributed by atoms with Crippen molar-refractivity contribution in [2.24, 2.45) is 5.92 Å². The molecule has 0 bridgehead atoms. The summed E-state index contributed by atoms with van der Waals surface area (Å²) in [6, 6.07) is 0.466. The largest absolute Gasteiger partial charge is 0.342 e. The van der Waals surface area contributed by atoms with E-state index >= 15 is 0 Å². The molecule has 2 aliphatic rings. The summed E-state index contributed by atoms with van der Waals surface area (Å²) in [4.78, 5) is 16.7. The van der Waals surface area contributed by atoms with E-state index in [1.54, 1.807) is 0 Å². The van der Waals surface area contributed by atoms with Crippen LogP contribution in [0.2, 0.25) is 0 Å². The maximum absolute atomic E-state index is 12.4. The Morgan fingerprint density at radius 1 is 1.18 bits per heavy atom. The number of carbonyl (C=O) groups excluding carboxylic acids is 1. The summed E-state index contributed by atoms with van der Waals surface area (Å²) < 4.78 is 0. The van der Waals surface area contributed by atoms with Crippen LogP contribution in [0.1, 0.15) is 25.7 Å². The van der Waals surface area contributed by atoms with Gasteiger partial charge in [0.05, 0.1) is 0 Å². The van der Waals surface area contributed by atoms with Crippen LogP contribution < -0.4 is 5.32 Å². The van der Waals surface area contributed by atoms with Crippen molar-refractivity contribution in [3.05, 3.63) is 0 Å². The van der Waals surface area contributed by atoms with E-state index in [0.29, 0.717) is 11.9 Å². The van der Waals surface area contributed by atoms with Gasteiger partial charge in [0.2, 0.25) is 5.91 Å². The number of carbonyl (C=O) groups is 1. The van der Waals surface area contributed by atoms with Gasteiger partial charge in [0.25, 0.3) is 0 Å². The molecular formula is C13H25N3O. The van der Waals surface area contributed by atoms with E-state index in [0.717, 1.165) is 51.9 Å². The molecule has 2 rings (SSSR count). The molecule has 98 valence electrons. The number of likely N-dealkylation sites (tertiary alicyclic amines) is 1. The highest BCUT2D eigenvalue weighted by Gasteiger charge is 2.29. The summed E-state index contributed by atoms with van der Waals surface area (Å²) in [5, 5.41) is 3.32. The highest BCUT2D eigenvalue weighted by Crippen LogP contribution is 2.20. The first-order valence-corrected chi connectivity index (χ1v) is 6.84. The van der Waals surface area contributed by atoms with Crippen LogP contribution in [0, 0.1) is 5.92 Å². The first kappa shape index (κ1) is 12.8. The van der Waals surface area contributed by atoms with E-state index in [2.05, 4.69) is 17.3 Å². The lowest BCUT2D eigenvalue weighted by atomic mass is 9.94. The van der Waals surface area contributed by atoms with Crippen LogP contribution in [0.5, 0.6) is 0 Å². The highest BCUT2D eigenvalue weighted by atomic mass is 16.2. The molecule has 4 nitrogen and oxygen atoms in total. The summed E-state index contributed by atoms with van der Waals surface area (Å²) in [5.74, 6) is 0.641. The smallest absolute Gasteiger partial charge is 0.225 e. The number of hydrogen-bond acceptors (Lipinski definition) is 3. The van der Waals surface area contributed by atoms with Crippen molar-refractivity contribution < 1.29 is 4.79 Å². The van der Waals surface area contributed by atoms with Crippen molar-refractivity contribution in [2.45, 2.75) is 31.7 Å². The predicted molar refractivity (Wildman–Crippen MR) is 68.9 cm³/mol. The molecule has 1 N–H and O–H groups in total. The minimum Gasteiger partial charge on any atom is -0.342 e. The van der Waals surface area contributed by atoms with Crippen LogP contribution in [-0.2, 0) is 4.79 Å². The fraction of sp³-hybridized carbons (Fsp3) is 0.923. The van der Waals surface area contributed by atoms with E-state index in [1.165, 1.54) is 0 Å². The molecule has 0 aromatic rings. The van der Waals surface area contributed by atoms with Crippen molar-refractivity contribution in [2.75, 3.05) is 40.3 Å². The molecule has 0 aliphatic carbocycles. The first-order chi connectivity index (χ1) is 8.18. The molecule has 0 spiro atoms. The fourth-order valence-corrected chi connectivity index (χ4v) is 2.92. The quantitative estimate of drug-likeness (QED) is 0.764. The highest BCUT2D eigenvalue weighted by molar-refractivity contribution is 5.79. The van der Waals surface area contributed by atoms with Crippen LogP contribution >= 0.6 is 0 Å². The first-order valence-electron chi connectivity index (χ1n) is 6.84. The van der Waals surface area contributed by atoms with Gasteiger partial charge in [0, 0.05) is 19.0 Å². The van der Waals surface area contributed by atoms with Crippen LogP contribution in [0.25, 0.3) is 0 Å². The third kappa shape index (κ3) is 3.19. The van der Waals surface area contributed by atoms with Crippen LogP contribution in [0.4, 0.5) is 0 Å². The van der Waals surface area contributed by atoms with Gasteiger partial charge < -0.3 is 15.1 Å². The molecule has 0 aromatic heterocycles. The minimum absolute atomic E-state index is 0.265. The molecule has 17 heavy (non-hydrogen) atoms. The molecular weight excluding hydrogens is 214 g/mol. The van der Waals surface area contributed by atoms with Gasteiger partial charge >= 0.3 is 0 Å². The maximum atomic E-state index is 12.4. The summed E-state index contributed by atoms with van der Waals surface area (Å²) in [7, 11) is 4.16. The lowest BCUT2D eigenvalue weighted by molar-refractivity contribution is -0.138. The summed E-state index contributed by atoms with van der Waals surface area (Å²) in [6.07, 6.45) is 4.28. The SMILES string of the molecule is CN1CCC(N(C)C(=O)C2CCNCC2)CC1. The number of amides is 1. The van der Waals surface area contributed by atoms with Crippen molar-refractivity contribution in [1.29, 1.82) is 0 Å². The van der Waals surface area contributed by atoms with Gasteiger partial charge in [0.15, 0.2) is 0 Å². The average Bonchev–Trinajstić information content (AvgIpc) is 2.39. The Morgan fingerprint density at radius 3 is 2.35 bits per heavy atom. The lowest BCUT2D eigenvalue weighted by Gasteiger charge is -2.37. The van der Waals surface area contributed by atoms with E-state index in [-0.39, 0.29) is 5.92 Å². The predicted octanol–water partition coefficient (Wildman–Crippen LogP) is 0.539. The number of nitrogens with one attached hydrogen (secondary N) is 1. The summed E-state index contributed by atoms with van der Waals surface area (Å²) >= 11 is 0. The monoisotopic (exact) mass is 239 g/mol. The Morgan fingerprint density at radius 2 is 1.76 bits per heavy atom. The zero-order valence-electron chi connectivity index (χ0n) is 11.1. The molecule has 0 unspecified atom stereocenters. The molecule has 4 heteroatoms. The molecule has 2 fully saturated rings. The molecule has 2 heterocycles. The Hall–Kier alpha value is -0.610. The standard InChI is InChI=1S/C13H25N3O/c1-15-9-5-12(6-10-15)16(2)13(17)11-3-7-14-8-4-11/h11-12,14H,3-10H2,1-2H3. The van der Waals surface area contributed by atoms with Crippen molar-refractivity contribution in [3.63, 3.8) is 0 Å². The van der Waals surface area contributed by atoms with Gasteiger partial charge in [-0.15, -0.1) is 0 Å². The zero-order valence-corrected chi connectivity index (χ0v) is 11.1. The van der Waals surface area contributed by atoms with Crippen LogP contribution in [0.15, 0.2) is 0 Å². The van der Waals surface area contributed by atoms with Gasteiger partial charge in [-0.25, -0.2) is 0 Å². The molecule has 2 aliphatic heterocycles. The third-order valence-corrected chi connectivity index (χ3v) is 4.27. The normalized spacial score (nSPS) is 24.8. The van der Waals surface area contributed by atoms with Crippen molar-refractivity contribution in [1.82, 2.24) is 15.1 Å². The Kier molecular flexibility index (Phi) is 4.40. The Bertz CT molecular complexity index is 255. The van der Waals surface area contributed by atoms with Crippen LogP contribution in [0.3, 0.4) is 0 Å². The second-order valence-corrected chi connectivity index (χ2v) is 5.51. The van der Waals surface area contributed by atoms with E-state index in [1.807, 2.05) is 11.9 Å². The summed E-state index contributed by atoms with van der Waals surface area (Å²) in [5.41, 5.74) is 0. The molecule has 2 saturated heterocycles. The molecule has 0 radical (unpaired) electrons. The number of nitrogens with zero attached hydrogens (tertiary/aromatic N) is 2. The Balaban J connectivity index is 1.85. The number of hydrogen-bond donors (Lipinski definition) is 1. The number of rotatable bonds is 2. The molecule has 0 saturated carbocycles. The van der Waals surface area contributed by atoms with Gasteiger partial charge in [-0.1, -0.05) is 0 Å². The number of piperidine rings is 2. The fourth-order valence-electron chi connectivity index (χ4n) is 2.92.